The lowest BCUT2D eigenvalue weighted by Crippen LogP contribution is -2.22. The Morgan fingerprint density at radius 2 is 2.27 bits per heavy atom. The Kier molecular flexibility index (Phi) is 2.66. The average molecular weight is 206 g/mol. The Morgan fingerprint density at radius 1 is 1.40 bits per heavy atom. The quantitative estimate of drug-likeness (QED) is 0.714. The van der Waals surface area contributed by atoms with Crippen LogP contribution < -0.4 is 4.90 Å². The molecule has 0 aliphatic rings. The van der Waals surface area contributed by atoms with Gasteiger partial charge in [0, 0.05) is 26.8 Å². The Labute approximate surface area is 88.1 Å². The summed E-state index contributed by atoms with van der Waals surface area (Å²) in [6.45, 7) is 1.71. The second kappa shape index (κ2) is 4.12. The largest absolute Gasteiger partial charge is 0.370 e. The molecule has 0 aliphatic heterocycles. The van der Waals surface area contributed by atoms with E-state index in [-0.39, 0.29) is 0 Å². The summed E-state index contributed by atoms with van der Waals surface area (Å²) in [4.78, 5) is 6.03. The highest BCUT2D eigenvalue weighted by Gasteiger charge is 2.02. The van der Waals surface area contributed by atoms with Crippen LogP contribution in [0.4, 0.5) is 5.69 Å². The summed E-state index contributed by atoms with van der Waals surface area (Å²) in [5, 5.41) is 8.17. The minimum Gasteiger partial charge on any atom is -0.370 e. The molecule has 2 rings (SSSR count). The second-order valence-electron chi connectivity index (χ2n) is 3.45. The summed E-state index contributed by atoms with van der Waals surface area (Å²) in [6, 6.07) is 0. The monoisotopic (exact) mass is 206 g/mol. The number of likely N-dealkylation sites (N-methyl/N-ethyl adjacent to an activating group) is 1. The highest BCUT2D eigenvalue weighted by molar-refractivity contribution is 5.40. The molecule has 80 valence electrons. The Morgan fingerprint density at radius 3 is 2.87 bits per heavy atom. The van der Waals surface area contributed by atoms with Crippen LogP contribution in [0.2, 0.25) is 0 Å². The van der Waals surface area contributed by atoms with Gasteiger partial charge in [0.15, 0.2) is 0 Å². The minimum atomic E-state index is 0.825. The molecule has 0 saturated carbocycles. The van der Waals surface area contributed by atoms with Crippen molar-refractivity contribution >= 4 is 5.69 Å². The third kappa shape index (κ3) is 2.34. The van der Waals surface area contributed by atoms with Gasteiger partial charge in [0.05, 0.1) is 18.4 Å². The molecule has 0 aliphatic carbocycles. The smallest absolute Gasteiger partial charge is 0.137 e. The first-order valence-corrected chi connectivity index (χ1v) is 4.78. The van der Waals surface area contributed by atoms with Crippen molar-refractivity contribution in [2.45, 2.75) is 6.54 Å². The first kappa shape index (κ1) is 9.70. The normalized spacial score (nSPS) is 10.5. The lowest BCUT2D eigenvalue weighted by Gasteiger charge is -2.16. The van der Waals surface area contributed by atoms with Crippen molar-refractivity contribution in [3.05, 3.63) is 25.0 Å². The SMILES string of the molecule is CN(CCn1cncn1)c1cnn(C)c1. The molecule has 0 aromatic carbocycles. The van der Waals surface area contributed by atoms with Gasteiger partial charge in [0.1, 0.15) is 12.7 Å². The van der Waals surface area contributed by atoms with Crippen LogP contribution in [0.15, 0.2) is 25.0 Å². The van der Waals surface area contributed by atoms with Crippen LogP contribution >= 0.6 is 0 Å². The van der Waals surface area contributed by atoms with Gasteiger partial charge in [0.2, 0.25) is 0 Å². The topological polar surface area (TPSA) is 51.8 Å². The van der Waals surface area contributed by atoms with E-state index < -0.39 is 0 Å². The number of aryl methyl sites for hydroxylation is 1. The maximum atomic E-state index is 4.12. The van der Waals surface area contributed by atoms with Crippen LogP contribution in [-0.4, -0.2) is 38.1 Å². The lowest BCUT2D eigenvalue weighted by molar-refractivity contribution is 0.610. The van der Waals surface area contributed by atoms with Crippen LogP contribution in [0.3, 0.4) is 0 Å². The number of hydrogen-bond donors (Lipinski definition) is 0. The number of nitrogens with zero attached hydrogens (tertiary/aromatic N) is 6. The Bertz CT molecular complexity index is 404. The third-order valence-electron chi connectivity index (χ3n) is 2.26. The molecule has 2 aromatic heterocycles. The van der Waals surface area contributed by atoms with Crippen molar-refractivity contribution in [3.8, 4) is 0 Å². The summed E-state index contributed by atoms with van der Waals surface area (Å²) in [5.74, 6) is 0. The van der Waals surface area contributed by atoms with Gasteiger partial charge in [-0.2, -0.15) is 10.2 Å². The van der Waals surface area contributed by atoms with E-state index >= 15 is 0 Å². The van der Waals surface area contributed by atoms with Crippen molar-refractivity contribution in [2.24, 2.45) is 7.05 Å². The predicted octanol–water partition coefficient (Wildman–Crippen LogP) is 0.148. The van der Waals surface area contributed by atoms with Gasteiger partial charge in [-0.1, -0.05) is 0 Å². The first-order valence-electron chi connectivity index (χ1n) is 4.78. The molecule has 0 N–H and O–H groups in total. The summed E-state index contributed by atoms with van der Waals surface area (Å²) in [5.41, 5.74) is 1.11. The van der Waals surface area contributed by atoms with Crippen molar-refractivity contribution in [1.82, 2.24) is 24.5 Å². The van der Waals surface area contributed by atoms with Gasteiger partial charge in [0.25, 0.3) is 0 Å². The zero-order valence-corrected chi connectivity index (χ0v) is 8.91. The summed E-state index contributed by atoms with van der Waals surface area (Å²) >= 11 is 0. The van der Waals surface area contributed by atoms with Gasteiger partial charge >= 0.3 is 0 Å². The Hall–Kier alpha value is -1.85. The molecule has 0 amide bonds. The molecule has 0 fully saturated rings. The molecule has 2 heterocycles. The van der Waals surface area contributed by atoms with E-state index in [9.17, 15) is 0 Å². The molecule has 2 aromatic rings. The van der Waals surface area contributed by atoms with E-state index in [4.69, 9.17) is 0 Å². The number of anilines is 1. The maximum absolute atomic E-state index is 4.12. The van der Waals surface area contributed by atoms with Crippen LogP contribution in [0.1, 0.15) is 0 Å². The van der Waals surface area contributed by atoms with Gasteiger partial charge in [-0.3, -0.25) is 9.36 Å². The van der Waals surface area contributed by atoms with E-state index in [0.717, 1.165) is 18.8 Å². The number of aromatic nitrogens is 5. The summed E-state index contributed by atoms with van der Waals surface area (Å²) < 4.78 is 3.61. The summed E-state index contributed by atoms with van der Waals surface area (Å²) in [6.07, 6.45) is 7.10. The molecule has 6 nitrogen and oxygen atoms in total. The molecule has 0 bridgehead atoms. The third-order valence-corrected chi connectivity index (χ3v) is 2.26. The van der Waals surface area contributed by atoms with Crippen molar-refractivity contribution in [3.63, 3.8) is 0 Å². The second-order valence-corrected chi connectivity index (χ2v) is 3.45. The van der Waals surface area contributed by atoms with Crippen LogP contribution in [-0.2, 0) is 13.6 Å². The zero-order valence-electron chi connectivity index (χ0n) is 8.91. The molecule has 6 heteroatoms. The number of rotatable bonds is 4. The Balaban J connectivity index is 1.90. The van der Waals surface area contributed by atoms with E-state index in [1.807, 2.05) is 31.2 Å². The van der Waals surface area contributed by atoms with Crippen molar-refractivity contribution in [2.75, 3.05) is 18.5 Å². The molecule has 0 saturated heterocycles. The fourth-order valence-corrected chi connectivity index (χ4v) is 1.34. The molecule has 0 unspecified atom stereocenters. The first-order chi connectivity index (χ1) is 7.25. The molecular formula is C9H14N6. The van der Waals surface area contributed by atoms with Crippen LogP contribution in [0, 0.1) is 0 Å². The predicted molar refractivity (Wildman–Crippen MR) is 56.5 cm³/mol. The van der Waals surface area contributed by atoms with Gasteiger partial charge < -0.3 is 4.90 Å². The summed E-state index contributed by atoms with van der Waals surface area (Å²) in [7, 11) is 3.95. The maximum Gasteiger partial charge on any atom is 0.137 e. The molecular weight excluding hydrogens is 192 g/mol. The minimum absolute atomic E-state index is 0.825. The molecule has 15 heavy (non-hydrogen) atoms. The van der Waals surface area contributed by atoms with Crippen LogP contribution in [0.25, 0.3) is 0 Å². The molecule has 0 radical (unpaired) electrons. The van der Waals surface area contributed by atoms with E-state index in [1.165, 1.54) is 0 Å². The standard InChI is InChI=1S/C9H14N6/c1-13(9-5-11-14(2)6-9)3-4-15-8-10-7-12-15/h5-8H,3-4H2,1-2H3. The average Bonchev–Trinajstić information content (AvgIpc) is 2.84. The van der Waals surface area contributed by atoms with E-state index in [2.05, 4.69) is 20.1 Å². The number of hydrogen-bond acceptors (Lipinski definition) is 4. The van der Waals surface area contributed by atoms with Crippen molar-refractivity contribution < 1.29 is 0 Å². The lowest BCUT2D eigenvalue weighted by atomic mass is 10.4. The fourth-order valence-electron chi connectivity index (χ4n) is 1.34. The van der Waals surface area contributed by atoms with Gasteiger partial charge in [-0.05, 0) is 0 Å². The van der Waals surface area contributed by atoms with E-state index in [1.54, 1.807) is 17.3 Å². The van der Waals surface area contributed by atoms with Gasteiger partial charge in [-0.25, -0.2) is 4.98 Å². The van der Waals surface area contributed by atoms with Crippen molar-refractivity contribution in [1.29, 1.82) is 0 Å². The highest BCUT2D eigenvalue weighted by atomic mass is 15.3. The van der Waals surface area contributed by atoms with Gasteiger partial charge in [-0.15, -0.1) is 0 Å². The zero-order chi connectivity index (χ0) is 10.7. The highest BCUT2D eigenvalue weighted by Crippen LogP contribution is 2.09. The van der Waals surface area contributed by atoms with Crippen LogP contribution in [0.5, 0.6) is 0 Å². The molecule has 0 spiro atoms. The molecule has 0 atom stereocenters. The van der Waals surface area contributed by atoms with E-state index in [0.29, 0.717) is 0 Å². The fraction of sp³-hybridized carbons (Fsp3) is 0.444.